The Morgan fingerprint density at radius 2 is 2.05 bits per heavy atom. The van der Waals surface area contributed by atoms with E-state index in [-0.39, 0.29) is 12.6 Å². The SMILES string of the molecule is CC(C)(CCO)NC(=O)Nc1ccc(-c2nccs2)cc1. The highest BCUT2D eigenvalue weighted by Gasteiger charge is 2.19. The van der Waals surface area contributed by atoms with Crippen LogP contribution in [0.4, 0.5) is 10.5 Å². The Labute approximate surface area is 128 Å². The van der Waals surface area contributed by atoms with E-state index in [4.69, 9.17) is 5.11 Å². The Hall–Kier alpha value is -1.92. The van der Waals surface area contributed by atoms with Crippen LogP contribution in [0.15, 0.2) is 35.8 Å². The maximum absolute atomic E-state index is 11.9. The number of thiazole rings is 1. The van der Waals surface area contributed by atoms with Crippen LogP contribution in [-0.4, -0.2) is 28.3 Å². The number of rotatable bonds is 5. The smallest absolute Gasteiger partial charge is 0.319 e. The summed E-state index contributed by atoms with van der Waals surface area (Å²) >= 11 is 1.57. The molecule has 2 aromatic rings. The quantitative estimate of drug-likeness (QED) is 0.794. The zero-order valence-electron chi connectivity index (χ0n) is 12.1. The summed E-state index contributed by atoms with van der Waals surface area (Å²) in [6, 6.07) is 7.25. The summed E-state index contributed by atoms with van der Waals surface area (Å²) in [6.07, 6.45) is 2.27. The predicted octanol–water partition coefficient (Wildman–Crippen LogP) is 3.09. The summed E-state index contributed by atoms with van der Waals surface area (Å²) in [7, 11) is 0. The summed E-state index contributed by atoms with van der Waals surface area (Å²) in [5.74, 6) is 0. The van der Waals surface area contributed by atoms with Crippen LogP contribution in [0.5, 0.6) is 0 Å². The molecule has 0 fully saturated rings. The van der Waals surface area contributed by atoms with Gasteiger partial charge in [-0.2, -0.15) is 0 Å². The van der Waals surface area contributed by atoms with Gasteiger partial charge in [0.2, 0.25) is 0 Å². The molecule has 0 aliphatic carbocycles. The third-order valence-electron chi connectivity index (χ3n) is 3.01. The van der Waals surface area contributed by atoms with E-state index in [0.29, 0.717) is 12.1 Å². The first-order valence-electron chi connectivity index (χ1n) is 6.70. The lowest BCUT2D eigenvalue weighted by Crippen LogP contribution is -2.46. The normalized spacial score (nSPS) is 11.2. The minimum atomic E-state index is -0.445. The van der Waals surface area contributed by atoms with Gasteiger partial charge in [-0.15, -0.1) is 11.3 Å². The van der Waals surface area contributed by atoms with Crippen LogP contribution < -0.4 is 10.6 Å². The number of carbonyl (C=O) groups is 1. The Bertz CT molecular complexity index is 579. The van der Waals surface area contributed by atoms with Crippen molar-refractivity contribution in [3.05, 3.63) is 35.8 Å². The van der Waals surface area contributed by atoms with E-state index in [1.165, 1.54) is 0 Å². The summed E-state index contributed by atoms with van der Waals surface area (Å²) in [4.78, 5) is 16.1. The Balaban J connectivity index is 1.96. The zero-order valence-corrected chi connectivity index (χ0v) is 12.9. The van der Waals surface area contributed by atoms with Crippen molar-refractivity contribution in [2.45, 2.75) is 25.8 Å². The van der Waals surface area contributed by atoms with Gasteiger partial charge in [0.25, 0.3) is 0 Å². The van der Waals surface area contributed by atoms with Gasteiger partial charge in [-0.05, 0) is 44.5 Å². The van der Waals surface area contributed by atoms with E-state index in [1.807, 2.05) is 43.5 Å². The molecule has 0 bridgehead atoms. The van der Waals surface area contributed by atoms with Crippen molar-refractivity contribution in [2.24, 2.45) is 0 Å². The average molecular weight is 305 g/mol. The first-order chi connectivity index (χ1) is 10.00. The minimum Gasteiger partial charge on any atom is -0.396 e. The first kappa shape index (κ1) is 15.5. The zero-order chi connectivity index (χ0) is 15.3. The molecule has 6 heteroatoms. The van der Waals surface area contributed by atoms with Crippen molar-refractivity contribution >= 4 is 23.1 Å². The molecule has 2 amide bonds. The van der Waals surface area contributed by atoms with E-state index in [9.17, 15) is 4.79 Å². The first-order valence-corrected chi connectivity index (χ1v) is 7.58. The van der Waals surface area contributed by atoms with Gasteiger partial charge >= 0.3 is 6.03 Å². The molecule has 0 radical (unpaired) electrons. The van der Waals surface area contributed by atoms with Gasteiger partial charge in [0, 0.05) is 35.0 Å². The highest BCUT2D eigenvalue weighted by molar-refractivity contribution is 7.13. The molecule has 112 valence electrons. The summed E-state index contributed by atoms with van der Waals surface area (Å²) in [5.41, 5.74) is 1.30. The van der Waals surface area contributed by atoms with Gasteiger partial charge in [-0.3, -0.25) is 0 Å². The van der Waals surface area contributed by atoms with E-state index in [1.54, 1.807) is 17.5 Å². The van der Waals surface area contributed by atoms with Crippen LogP contribution in [0.1, 0.15) is 20.3 Å². The fourth-order valence-electron chi connectivity index (χ4n) is 1.87. The number of aliphatic hydroxyl groups excluding tert-OH is 1. The van der Waals surface area contributed by atoms with Gasteiger partial charge in [-0.1, -0.05) is 0 Å². The van der Waals surface area contributed by atoms with Crippen LogP contribution in [0.2, 0.25) is 0 Å². The summed E-state index contributed by atoms with van der Waals surface area (Å²) < 4.78 is 0. The number of nitrogens with one attached hydrogen (secondary N) is 2. The Kier molecular flexibility index (Phi) is 4.93. The average Bonchev–Trinajstić information content (AvgIpc) is 2.92. The standard InChI is InChI=1S/C15H19N3O2S/c1-15(2,7-9-19)18-14(20)17-12-5-3-11(4-6-12)13-16-8-10-21-13/h3-6,8,10,19H,7,9H2,1-2H3,(H2,17,18,20). The van der Waals surface area contributed by atoms with E-state index < -0.39 is 5.54 Å². The predicted molar refractivity (Wildman–Crippen MR) is 85.5 cm³/mol. The number of hydrogen-bond donors (Lipinski definition) is 3. The number of nitrogens with zero attached hydrogens (tertiary/aromatic N) is 1. The van der Waals surface area contributed by atoms with Gasteiger partial charge in [0.05, 0.1) is 0 Å². The number of aliphatic hydroxyl groups is 1. The van der Waals surface area contributed by atoms with Gasteiger partial charge in [0.15, 0.2) is 0 Å². The van der Waals surface area contributed by atoms with E-state index in [2.05, 4.69) is 15.6 Å². The summed E-state index contributed by atoms with van der Waals surface area (Å²) in [5, 5.41) is 17.4. The molecule has 1 heterocycles. The number of aromatic nitrogens is 1. The molecule has 0 atom stereocenters. The Morgan fingerprint density at radius 1 is 1.33 bits per heavy atom. The van der Waals surface area contributed by atoms with Crippen molar-refractivity contribution in [1.29, 1.82) is 0 Å². The number of urea groups is 1. The number of hydrogen-bond acceptors (Lipinski definition) is 4. The molecule has 21 heavy (non-hydrogen) atoms. The topological polar surface area (TPSA) is 74.2 Å². The monoisotopic (exact) mass is 305 g/mol. The maximum atomic E-state index is 11.9. The molecule has 0 aliphatic rings. The number of amides is 2. The molecule has 0 saturated heterocycles. The van der Waals surface area contributed by atoms with Crippen LogP contribution in [0.3, 0.4) is 0 Å². The van der Waals surface area contributed by atoms with Gasteiger partial charge in [-0.25, -0.2) is 9.78 Å². The maximum Gasteiger partial charge on any atom is 0.319 e. The van der Waals surface area contributed by atoms with Crippen molar-refractivity contribution in [3.63, 3.8) is 0 Å². The van der Waals surface area contributed by atoms with Crippen LogP contribution in [-0.2, 0) is 0 Å². The molecular formula is C15H19N3O2S. The molecule has 5 nitrogen and oxygen atoms in total. The second kappa shape index (κ2) is 6.69. The lowest BCUT2D eigenvalue weighted by Gasteiger charge is -2.25. The van der Waals surface area contributed by atoms with Crippen molar-refractivity contribution < 1.29 is 9.90 Å². The lowest BCUT2D eigenvalue weighted by molar-refractivity contribution is 0.218. The van der Waals surface area contributed by atoms with Crippen LogP contribution in [0, 0.1) is 0 Å². The van der Waals surface area contributed by atoms with Crippen molar-refractivity contribution in [1.82, 2.24) is 10.3 Å². The second-order valence-corrected chi connectivity index (χ2v) is 6.25. The molecule has 1 aromatic carbocycles. The number of benzene rings is 1. The fourth-order valence-corrected chi connectivity index (χ4v) is 2.52. The van der Waals surface area contributed by atoms with Gasteiger partial charge < -0.3 is 15.7 Å². The third kappa shape index (κ3) is 4.54. The third-order valence-corrected chi connectivity index (χ3v) is 3.83. The highest BCUT2D eigenvalue weighted by atomic mass is 32.1. The Morgan fingerprint density at radius 3 is 2.62 bits per heavy atom. The highest BCUT2D eigenvalue weighted by Crippen LogP contribution is 2.23. The van der Waals surface area contributed by atoms with E-state index in [0.717, 1.165) is 10.6 Å². The number of carbonyl (C=O) groups excluding carboxylic acids is 1. The summed E-state index contributed by atoms with van der Waals surface area (Å²) in [6.45, 7) is 3.78. The minimum absolute atomic E-state index is 0.0375. The van der Waals surface area contributed by atoms with Crippen molar-refractivity contribution in [3.8, 4) is 10.6 Å². The largest absolute Gasteiger partial charge is 0.396 e. The molecule has 0 saturated carbocycles. The molecule has 1 aromatic heterocycles. The van der Waals surface area contributed by atoms with Crippen LogP contribution in [0.25, 0.3) is 10.6 Å². The second-order valence-electron chi connectivity index (χ2n) is 5.35. The van der Waals surface area contributed by atoms with Crippen LogP contribution >= 0.6 is 11.3 Å². The number of anilines is 1. The molecular weight excluding hydrogens is 286 g/mol. The van der Waals surface area contributed by atoms with Gasteiger partial charge in [0.1, 0.15) is 5.01 Å². The molecule has 2 rings (SSSR count). The molecule has 0 unspecified atom stereocenters. The van der Waals surface area contributed by atoms with E-state index >= 15 is 0 Å². The van der Waals surface area contributed by atoms with Crippen molar-refractivity contribution in [2.75, 3.05) is 11.9 Å². The molecule has 3 N–H and O–H groups in total. The molecule has 0 aliphatic heterocycles. The lowest BCUT2D eigenvalue weighted by atomic mass is 10.0. The molecule has 0 spiro atoms. The fraction of sp³-hybridized carbons (Fsp3) is 0.333.